The molecule has 0 unspecified atom stereocenters. The predicted molar refractivity (Wildman–Crippen MR) is 78.4 cm³/mol. The van der Waals surface area contributed by atoms with Gasteiger partial charge in [0.05, 0.1) is 6.54 Å². The molecule has 0 aliphatic carbocycles. The van der Waals surface area contributed by atoms with Crippen LogP contribution in [-0.2, 0) is 14.4 Å². The number of rotatable bonds is 8. The summed E-state index contributed by atoms with van der Waals surface area (Å²) in [5.74, 6) is -1.58. The number of hydrogen-bond acceptors (Lipinski definition) is 4. The van der Waals surface area contributed by atoms with Crippen molar-refractivity contribution in [1.29, 1.82) is 0 Å². The highest BCUT2D eigenvalue weighted by Crippen LogP contribution is 2.06. The van der Waals surface area contributed by atoms with E-state index in [0.29, 0.717) is 0 Å². The van der Waals surface area contributed by atoms with Crippen LogP contribution in [0.4, 0.5) is 4.79 Å². The zero-order valence-electron chi connectivity index (χ0n) is 13.1. The van der Waals surface area contributed by atoms with E-state index in [1.807, 2.05) is 13.8 Å². The third kappa shape index (κ3) is 8.08. The van der Waals surface area contributed by atoms with Crippen molar-refractivity contribution in [2.45, 2.75) is 46.1 Å². The second kappa shape index (κ2) is 9.59. The first-order chi connectivity index (χ1) is 10.2. The molecule has 0 fully saturated rings. The normalized spacial score (nSPS) is 11.6. The number of nitrogens with one attached hydrogen (secondary N) is 2. The van der Waals surface area contributed by atoms with Gasteiger partial charge < -0.3 is 16.2 Å². The number of carboxylic acid groups (broad SMARTS) is 1. The van der Waals surface area contributed by atoms with Crippen LogP contribution in [0.5, 0.6) is 0 Å². The molecule has 0 aromatic rings. The lowest BCUT2D eigenvalue weighted by atomic mass is 10.0. The molecular formula is C13H24N4O5. The summed E-state index contributed by atoms with van der Waals surface area (Å²) in [5.41, 5.74) is 7.37. The first-order valence-corrected chi connectivity index (χ1v) is 7.05. The molecule has 0 heterocycles. The Kier molecular flexibility index (Phi) is 8.58. The van der Waals surface area contributed by atoms with E-state index in [1.54, 1.807) is 6.92 Å². The average Bonchev–Trinajstić information content (AvgIpc) is 2.40. The monoisotopic (exact) mass is 316 g/mol. The molecule has 0 aliphatic rings. The van der Waals surface area contributed by atoms with E-state index in [-0.39, 0.29) is 31.7 Å². The standard InChI is InChI=1S/C13H24N4O5/c1-4-11(19)17(6-5-10(14)18)16-12(20)9(7-8(2)3)15-13(21)22/h8-9,15H,4-7H2,1-3H3,(H2,14,18)(H,16,20)(H,21,22)/t9-/m0/s1. The molecule has 9 nitrogen and oxygen atoms in total. The minimum atomic E-state index is -1.33. The van der Waals surface area contributed by atoms with Crippen LogP contribution in [0, 0.1) is 5.92 Å². The third-order valence-corrected chi connectivity index (χ3v) is 2.75. The van der Waals surface area contributed by atoms with Crippen molar-refractivity contribution in [3.8, 4) is 0 Å². The Morgan fingerprint density at radius 2 is 1.82 bits per heavy atom. The highest BCUT2D eigenvalue weighted by molar-refractivity contribution is 5.87. The van der Waals surface area contributed by atoms with Gasteiger partial charge in [-0.2, -0.15) is 0 Å². The smallest absolute Gasteiger partial charge is 0.405 e. The highest BCUT2D eigenvalue weighted by Gasteiger charge is 2.25. The van der Waals surface area contributed by atoms with Crippen LogP contribution in [0.1, 0.15) is 40.0 Å². The fourth-order valence-electron chi connectivity index (χ4n) is 1.72. The Morgan fingerprint density at radius 1 is 1.23 bits per heavy atom. The van der Waals surface area contributed by atoms with Crippen molar-refractivity contribution in [1.82, 2.24) is 15.8 Å². The molecule has 1 atom stereocenters. The summed E-state index contributed by atoms with van der Waals surface area (Å²) in [5, 5.41) is 11.9. The van der Waals surface area contributed by atoms with E-state index in [1.165, 1.54) is 0 Å². The zero-order valence-corrected chi connectivity index (χ0v) is 13.1. The van der Waals surface area contributed by atoms with E-state index >= 15 is 0 Å². The van der Waals surface area contributed by atoms with Crippen molar-refractivity contribution < 1.29 is 24.3 Å². The third-order valence-electron chi connectivity index (χ3n) is 2.75. The maximum absolute atomic E-state index is 12.1. The van der Waals surface area contributed by atoms with Crippen LogP contribution in [0.3, 0.4) is 0 Å². The predicted octanol–water partition coefficient (Wildman–Crippen LogP) is -0.186. The summed E-state index contributed by atoms with van der Waals surface area (Å²) in [6.07, 6.45) is -1.03. The quantitative estimate of drug-likeness (QED) is 0.459. The first-order valence-electron chi connectivity index (χ1n) is 7.05. The van der Waals surface area contributed by atoms with E-state index in [2.05, 4.69) is 10.7 Å². The molecule has 0 spiro atoms. The molecule has 0 bridgehead atoms. The number of hydrazine groups is 1. The Hall–Kier alpha value is -2.32. The Morgan fingerprint density at radius 3 is 2.23 bits per heavy atom. The molecule has 22 heavy (non-hydrogen) atoms. The fourth-order valence-corrected chi connectivity index (χ4v) is 1.72. The minimum absolute atomic E-state index is 0.0603. The summed E-state index contributed by atoms with van der Waals surface area (Å²) >= 11 is 0. The van der Waals surface area contributed by atoms with Gasteiger partial charge in [-0.05, 0) is 12.3 Å². The van der Waals surface area contributed by atoms with Crippen molar-refractivity contribution >= 4 is 23.8 Å². The Balaban J connectivity index is 4.88. The van der Waals surface area contributed by atoms with Crippen molar-refractivity contribution in [3.63, 3.8) is 0 Å². The van der Waals surface area contributed by atoms with Gasteiger partial charge in [-0.15, -0.1) is 0 Å². The number of nitrogens with zero attached hydrogens (tertiary/aromatic N) is 1. The number of carbonyl (C=O) groups excluding carboxylic acids is 3. The second-order valence-electron chi connectivity index (χ2n) is 5.22. The van der Waals surface area contributed by atoms with Gasteiger partial charge in [-0.1, -0.05) is 20.8 Å². The van der Waals surface area contributed by atoms with Gasteiger partial charge in [0.2, 0.25) is 11.8 Å². The maximum atomic E-state index is 12.1. The molecular weight excluding hydrogens is 292 g/mol. The molecule has 4 amide bonds. The molecule has 9 heteroatoms. The van der Waals surface area contributed by atoms with Crippen LogP contribution in [0.25, 0.3) is 0 Å². The van der Waals surface area contributed by atoms with Crippen LogP contribution in [-0.4, -0.2) is 46.5 Å². The van der Waals surface area contributed by atoms with Gasteiger partial charge in [-0.3, -0.25) is 24.8 Å². The maximum Gasteiger partial charge on any atom is 0.405 e. The molecule has 5 N–H and O–H groups in total. The van der Waals surface area contributed by atoms with Crippen LogP contribution >= 0.6 is 0 Å². The van der Waals surface area contributed by atoms with Gasteiger partial charge in [0.25, 0.3) is 5.91 Å². The molecule has 0 aliphatic heterocycles. The summed E-state index contributed by atoms with van der Waals surface area (Å²) in [6, 6.07) is -0.988. The van der Waals surface area contributed by atoms with E-state index in [9.17, 15) is 19.2 Å². The topological polar surface area (TPSA) is 142 Å². The highest BCUT2D eigenvalue weighted by atomic mass is 16.4. The average molecular weight is 316 g/mol. The van der Waals surface area contributed by atoms with Gasteiger partial charge in [0, 0.05) is 12.8 Å². The van der Waals surface area contributed by atoms with E-state index < -0.39 is 29.9 Å². The SMILES string of the molecule is CCC(=O)N(CCC(N)=O)NC(=O)[C@H](CC(C)C)NC(=O)O. The number of amides is 4. The number of carbonyl (C=O) groups is 4. The minimum Gasteiger partial charge on any atom is -0.465 e. The van der Waals surface area contributed by atoms with Crippen molar-refractivity contribution in [3.05, 3.63) is 0 Å². The lowest BCUT2D eigenvalue weighted by Gasteiger charge is -2.26. The van der Waals surface area contributed by atoms with Gasteiger partial charge in [0.15, 0.2) is 0 Å². The van der Waals surface area contributed by atoms with Crippen LogP contribution in [0.15, 0.2) is 0 Å². The van der Waals surface area contributed by atoms with Gasteiger partial charge >= 0.3 is 6.09 Å². The lowest BCUT2D eigenvalue weighted by Crippen LogP contribution is -2.54. The second-order valence-corrected chi connectivity index (χ2v) is 5.22. The Bertz CT molecular complexity index is 425. The summed E-state index contributed by atoms with van der Waals surface area (Å²) < 4.78 is 0. The number of primary amides is 1. The van der Waals surface area contributed by atoms with Crippen molar-refractivity contribution in [2.75, 3.05) is 6.54 Å². The number of nitrogens with two attached hydrogens (primary N) is 1. The molecule has 0 aromatic carbocycles. The van der Waals surface area contributed by atoms with Gasteiger partial charge in [-0.25, -0.2) is 4.79 Å². The fraction of sp³-hybridized carbons (Fsp3) is 0.692. The van der Waals surface area contributed by atoms with Gasteiger partial charge in [0.1, 0.15) is 6.04 Å². The summed E-state index contributed by atoms with van der Waals surface area (Å²) in [4.78, 5) is 45.5. The Labute approximate surface area is 129 Å². The van der Waals surface area contributed by atoms with E-state index in [4.69, 9.17) is 10.8 Å². The zero-order chi connectivity index (χ0) is 17.3. The molecule has 0 rings (SSSR count). The first kappa shape index (κ1) is 19.7. The summed E-state index contributed by atoms with van der Waals surface area (Å²) in [7, 11) is 0. The van der Waals surface area contributed by atoms with Crippen molar-refractivity contribution in [2.24, 2.45) is 11.7 Å². The summed E-state index contributed by atoms with van der Waals surface area (Å²) in [6.45, 7) is 5.22. The van der Waals surface area contributed by atoms with Crippen LogP contribution < -0.4 is 16.5 Å². The molecule has 0 saturated heterocycles. The molecule has 0 radical (unpaired) electrons. The van der Waals surface area contributed by atoms with E-state index in [0.717, 1.165) is 5.01 Å². The largest absolute Gasteiger partial charge is 0.465 e. The lowest BCUT2D eigenvalue weighted by molar-refractivity contribution is -0.142. The van der Waals surface area contributed by atoms with Crippen LogP contribution in [0.2, 0.25) is 0 Å². The number of hydrogen-bond donors (Lipinski definition) is 4. The molecule has 0 aromatic heterocycles. The molecule has 126 valence electrons. The molecule has 0 saturated carbocycles.